The van der Waals surface area contributed by atoms with E-state index in [0.717, 1.165) is 0 Å². The second-order valence-corrected chi connectivity index (χ2v) is 23.4. The van der Waals surface area contributed by atoms with Gasteiger partial charge in [-0.1, -0.05) is 13.8 Å². The number of carbonyl (C=O) groups excluding carboxylic acids is 3. The number of methoxy groups -OCH3 is 1. The number of Topliss-reactive ketones (excluding diaryl/α,β-unsaturated/α-hetero) is 1. The van der Waals surface area contributed by atoms with E-state index >= 15 is 0 Å². The molecule has 11 atom stereocenters. The highest BCUT2D eigenvalue weighted by atomic mass is 28.4. The summed E-state index contributed by atoms with van der Waals surface area (Å²) in [5, 5.41) is 11.9. The van der Waals surface area contributed by atoms with Gasteiger partial charge in [-0.25, -0.2) is 4.79 Å². The Kier molecular flexibility index (Phi) is 6.50. The zero-order chi connectivity index (χ0) is 28.2. The van der Waals surface area contributed by atoms with Crippen molar-refractivity contribution in [3.63, 3.8) is 0 Å². The van der Waals surface area contributed by atoms with Gasteiger partial charge in [0.25, 0.3) is 0 Å². The molecule has 0 aromatic rings. The molecule has 1 N–H and O–H groups in total. The maximum absolute atomic E-state index is 13.9. The SMILES string of the molecule is COC(=O)[C@]12OC[C@]34[C@H](OC(=O)C[C@@H]13)[C@H](O)[C@H]1[C@H](C)C(=O)CC[C@]1(C)[C@H]4[C@@H](O[Si](C)(C)C)[C@@H]2O[Si](C)(C)C. The number of aliphatic hydroxyl groups is 1. The normalized spacial score (nSPS) is 48.2. The van der Waals surface area contributed by atoms with Crippen molar-refractivity contribution < 1.29 is 42.6 Å². The van der Waals surface area contributed by atoms with Crippen molar-refractivity contribution >= 4 is 34.4 Å². The smallest absolute Gasteiger partial charge is 0.341 e. The molecule has 2 saturated heterocycles. The van der Waals surface area contributed by atoms with Crippen molar-refractivity contribution in [3.05, 3.63) is 0 Å². The average molecular weight is 569 g/mol. The van der Waals surface area contributed by atoms with Crippen molar-refractivity contribution in [2.24, 2.45) is 34.5 Å². The van der Waals surface area contributed by atoms with Crippen molar-refractivity contribution in [1.82, 2.24) is 0 Å². The monoisotopic (exact) mass is 568 g/mol. The van der Waals surface area contributed by atoms with Crippen LogP contribution in [0.3, 0.4) is 0 Å². The first kappa shape index (κ1) is 28.4. The number of hydrogen-bond acceptors (Lipinski definition) is 9. The predicted octanol–water partition coefficient (Wildman–Crippen LogP) is 2.91. The third-order valence-corrected chi connectivity index (χ3v) is 12.0. The van der Waals surface area contributed by atoms with Gasteiger partial charge < -0.3 is 28.2 Å². The van der Waals surface area contributed by atoms with Gasteiger partial charge in [0.1, 0.15) is 18.0 Å². The van der Waals surface area contributed by atoms with Gasteiger partial charge in [0, 0.05) is 35.5 Å². The van der Waals surface area contributed by atoms with Crippen molar-refractivity contribution in [3.8, 4) is 0 Å². The molecule has 0 aromatic carbocycles. The summed E-state index contributed by atoms with van der Waals surface area (Å²) in [4.78, 5) is 40.0. The zero-order valence-electron chi connectivity index (χ0n) is 24.2. The Balaban J connectivity index is 1.82. The van der Waals surface area contributed by atoms with E-state index in [2.05, 4.69) is 46.2 Å². The summed E-state index contributed by atoms with van der Waals surface area (Å²) in [6.45, 7) is 16.7. The van der Waals surface area contributed by atoms with Crippen LogP contribution in [0.5, 0.6) is 0 Å². The van der Waals surface area contributed by atoms with E-state index in [9.17, 15) is 19.5 Å². The minimum absolute atomic E-state index is 0.0325. The molecule has 0 unspecified atom stereocenters. The lowest BCUT2D eigenvalue weighted by atomic mass is 9.37. The van der Waals surface area contributed by atoms with Crippen LogP contribution in [-0.4, -0.2) is 83.2 Å². The highest BCUT2D eigenvalue weighted by Crippen LogP contribution is 2.73. The number of esters is 2. The van der Waals surface area contributed by atoms with Gasteiger partial charge >= 0.3 is 11.9 Å². The Morgan fingerprint density at radius 2 is 1.71 bits per heavy atom. The Morgan fingerprint density at radius 3 is 2.29 bits per heavy atom. The van der Waals surface area contributed by atoms with Crippen LogP contribution in [0.15, 0.2) is 0 Å². The minimum Gasteiger partial charge on any atom is -0.467 e. The lowest BCUT2D eigenvalue weighted by Gasteiger charge is -2.70. The second-order valence-electron chi connectivity index (χ2n) is 14.5. The number of fused-ring (bicyclic) bond motifs is 2. The van der Waals surface area contributed by atoms with Crippen LogP contribution < -0.4 is 0 Å². The molecule has 0 aromatic heterocycles. The zero-order valence-corrected chi connectivity index (χ0v) is 26.2. The molecule has 3 saturated carbocycles. The Bertz CT molecular complexity index is 1040. The van der Waals surface area contributed by atoms with E-state index in [0.29, 0.717) is 12.8 Å². The number of hydrogen-bond donors (Lipinski definition) is 1. The molecule has 5 rings (SSSR count). The molecule has 5 fully saturated rings. The van der Waals surface area contributed by atoms with E-state index < -0.39 is 87.2 Å². The van der Waals surface area contributed by atoms with E-state index in [-0.39, 0.29) is 24.7 Å². The van der Waals surface area contributed by atoms with E-state index in [4.69, 9.17) is 23.1 Å². The summed E-state index contributed by atoms with van der Waals surface area (Å²) >= 11 is 0. The maximum Gasteiger partial charge on any atom is 0.341 e. The number of carbonyl (C=O) groups is 3. The first-order chi connectivity index (χ1) is 17.4. The van der Waals surface area contributed by atoms with Crippen molar-refractivity contribution in [1.29, 1.82) is 0 Å². The van der Waals surface area contributed by atoms with Crippen LogP contribution in [0.2, 0.25) is 39.3 Å². The maximum atomic E-state index is 13.9. The molecular weight excluding hydrogens is 524 g/mol. The Morgan fingerprint density at radius 1 is 1.08 bits per heavy atom. The summed E-state index contributed by atoms with van der Waals surface area (Å²) in [7, 11) is -3.22. The number of rotatable bonds is 5. The quantitative estimate of drug-likeness (QED) is 0.395. The fraction of sp³-hybridized carbons (Fsp3) is 0.889. The van der Waals surface area contributed by atoms with E-state index in [1.807, 2.05) is 6.92 Å². The van der Waals surface area contributed by atoms with Crippen molar-refractivity contribution in [2.75, 3.05) is 13.7 Å². The topological polar surface area (TPSA) is 118 Å². The summed E-state index contributed by atoms with van der Waals surface area (Å²) < 4.78 is 31.9. The molecule has 214 valence electrons. The molecule has 1 spiro atoms. The molecule has 0 amide bonds. The van der Waals surface area contributed by atoms with Gasteiger partial charge in [-0.3, -0.25) is 9.59 Å². The van der Waals surface area contributed by atoms with Crippen LogP contribution in [0, 0.1) is 34.5 Å². The Labute approximate surface area is 227 Å². The van der Waals surface area contributed by atoms with Gasteiger partial charge in [0.05, 0.1) is 32.3 Å². The average Bonchev–Trinajstić information content (AvgIpc) is 3.06. The van der Waals surface area contributed by atoms with Gasteiger partial charge in [-0.15, -0.1) is 0 Å². The minimum atomic E-state index is -2.30. The predicted molar refractivity (Wildman–Crippen MR) is 142 cm³/mol. The first-order valence-electron chi connectivity index (χ1n) is 13.9. The molecule has 2 heterocycles. The lowest BCUT2D eigenvalue weighted by molar-refractivity contribution is -0.299. The fourth-order valence-corrected chi connectivity index (χ4v) is 11.3. The highest BCUT2D eigenvalue weighted by molar-refractivity contribution is 6.70. The molecule has 9 nitrogen and oxygen atoms in total. The van der Waals surface area contributed by atoms with Crippen LogP contribution in [0.25, 0.3) is 0 Å². The molecule has 2 aliphatic heterocycles. The first-order valence-corrected chi connectivity index (χ1v) is 20.7. The fourth-order valence-electron chi connectivity index (χ4n) is 9.14. The van der Waals surface area contributed by atoms with Crippen LogP contribution in [0.1, 0.15) is 33.1 Å². The number of ether oxygens (including phenoxy) is 3. The van der Waals surface area contributed by atoms with Crippen LogP contribution in [0.4, 0.5) is 0 Å². The van der Waals surface area contributed by atoms with Gasteiger partial charge in [0.15, 0.2) is 22.2 Å². The molecule has 38 heavy (non-hydrogen) atoms. The third kappa shape index (κ3) is 3.71. The summed E-state index contributed by atoms with van der Waals surface area (Å²) in [6, 6.07) is 0. The summed E-state index contributed by atoms with van der Waals surface area (Å²) in [6.07, 6.45) is -2.40. The Hall–Kier alpha value is -1.12. The lowest BCUT2D eigenvalue weighted by Crippen LogP contribution is -2.80. The summed E-state index contributed by atoms with van der Waals surface area (Å²) in [5.74, 6) is -2.66. The molecule has 0 radical (unpaired) electrons. The van der Waals surface area contributed by atoms with Gasteiger partial charge in [-0.05, 0) is 51.1 Å². The van der Waals surface area contributed by atoms with E-state index in [1.54, 1.807) is 0 Å². The largest absolute Gasteiger partial charge is 0.467 e. The molecule has 3 aliphatic carbocycles. The molecule has 5 aliphatic rings. The van der Waals surface area contributed by atoms with Crippen LogP contribution in [-0.2, 0) is 37.4 Å². The van der Waals surface area contributed by atoms with Gasteiger partial charge in [0.2, 0.25) is 0 Å². The van der Waals surface area contributed by atoms with E-state index in [1.165, 1.54) is 7.11 Å². The highest BCUT2D eigenvalue weighted by Gasteiger charge is 2.84. The standard InChI is InChI=1S/C27H44O9Si2/c1-14-15(28)10-11-25(2)18(14)19(30)22-26-13-33-27(24(31)32-3,16(26)12-17(29)34-22)23(36-38(7,8)9)20(21(25)26)35-37(4,5)6/h14,16,18-23,30H,10-13H2,1-9H3/t14-,16-,18-,19-,20-,21-,22-,23+,25+,26+,27+/m1/s1. The molecule has 2 bridgehead atoms. The number of ketones is 1. The molecule has 11 heteroatoms. The number of aliphatic hydroxyl groups excluding tert-OH is 1. The third-order valence-electron chi connectivity index (χ3n) is 10.1. The second kappa shape index (κ2) is 8.69. The van der Waals surface area contributed by atoms with Crippen molar-refractivity contribution in [2.45, 2.75) is 102 Å². The van der Waals surface area contributed by atoms with Gasteiger partial charge in [-0.2, -0.15) is 0 Å². The van der Waals surface area contributed by atoms with Crippen LogP contribution >= 0.6 is 0 Å². The molecular formula is C27H44O9Si2. The summed E-state index contributed by atoms with van der Waals surface area (Å²) in [5.41, 5.74) is -2.98.